The number of ether oxygens (including phenoxy) is 2. The fourth-order valence-electron chi connectivity index (χ4n) is 2.03. The summed E-state index contributed by atoms with van der Waals surface area (Å²) >= 11 is 0. The molecule has 0 aromatic carbocycles. The van der Waals surface area contributed by atoms with Crippen LogP contribution in [0.25, 0.3) is 0 Å². The molecule has 1 saturated heterocycles. The van der Waals surface area contributed by atoms with Crippen LogP contribution in [-0.2, 0) is 9.47 Å². The summed E-state index contributed by atoms with van der Waals surface area (Å²) in [4.78, 5) is 0. The third kappa shape index (κ3) is 4.96. The van der Waals surface area contributed by atoms with E-state index in [1.54, 1.807) is 0 Å². The first-order chi connectivity index (χ1) is 9.11. The maximum Gasteiger partial charge on any atom is 0.186 e. The van der Waals surface area contributed by atoms with Gasteiger partial charge in [0.1, 0.15) is 24.4 Å². The van der Waals surface area contributed by atoms with Crippen molar-refractivity contribution in [1.29, 1.82) is 0 Å². The van der Waals surface area contributed by atoms with E-state index in [2.05, 4.69) is 0 Å². The van der Waals surface area contributed by atoms with Crippen molar-refractivity contribution in [3.63, 3.8) is 0 Å². The van der Waals surface area contributed by atoms with Crippen LogP contribution in [0.1, 0.15) is 25.7 Å². The van der Waals surface area contributed by atoms with Gasteiger partial charge < -0.3 is 35.6 Å². The largest absolute Gasteiger partial charge is 0.394 e. The van der Waals surface area contributed by atoms with Crippen molar-refractivity contribution in [2.45, 2.75) is 56.4 Å². The molecule has 0 bridgehead atoms. The quantitative estimate of drug-likeness (QED) is 0.319. The van der Waals surface area contributed by atoms with Gasteiger partial charge >= 0.3 is 0 Å². The summed E-state index contributed by atoms with van der Waals surface area (Å²) in [6.07, 6.45) is -1.89. The molecule has 1 heterocycles. The smallest absolute Gasteiger partial charge is 0.186 e. The zero-order chi connectivity index (χ0) is 14.3. The van der Waals surface area contributed by atoms with E-state index in [1.807, 2.05) is 0 Å². The molecule has 1 aliphatic rings. The van der Waals surface area contributed by atoms with Crippen LogP contribution < -0.4 is 5.73 Å². The molecule has 7 nitrogen and oxygen atoms in total. The average Bonchev–Trinajstić information content (AvgIpc) is 2.70. The van der Waals surface area contributed by atoms with Crippen LogP contribution in [-0.4, -0.2) is 70.9 Å². The molecular formula is C12H25NO6. The highest BCUT2D eigenvalue weighted by Gasteiger charge is 2.46. The maximum absolute atomic E-state index is 9.70. The van der Waals surface area contributed by atoms with Crippen LogP contribution in [0.5, 0.6) is 0 Å². The van der Waals surface area contributed by atoms with E-state index in [9.17, 15) is 15.3 Å². The zero-order valence-corrected chi connectivity index (χ0v) is 11.0. The predicted octanol–water partition coefficient (Wildman–Crippen LogP) is -1.68. The second-order valence-electron chi connectivity index (χ2n) is 4.77. The van der Waals surface area contributed by atoms with Crippen molar-refractivity contribution >= 4 is 0 Å². The van der Waals surface area contributed by atoms with Crippen molar-refractivity contribution in [2.24, 2.45) is 5.73 Å². The van der Waals surface area contributed by atoms with Gasteiger partial charge in [0.05, 0.1) is 6.61 Å². The molecule has 0 radical (unpaired) electrons. The Balaban J connectivity index is 2.23. The summed E-state index contributed by atoms with van der Waals surface area (Å²) < 4.78 is 10.5. The van der Waals surface area contributed by atoms with Gasteiger partial charge in [-0.3, -0.25) is 0 Å². The Morgan fingerprint density at radius 1 is 1.11 bits per heavy atom. The van der Waals surface area contributed by atoms with E-state index in [-0.39, 0.29) is 0 Å². The highest BCUT2D eigenvalue weighted by Crippen LogP contribution is 2.24. The Labute approximate surface area is 112 Å². The molecule has 1 fully saturated rings. The van der Waals surface area contributed by atoms with E-state index in [1.165, 1.54) is 0 Å². The minimum atomic E-state index is -1.26. The lowest BCUT2D eigenvalue weighted by Crippen LogP contribution is -2.40. The van der Waals surface area contributed by atoms with Crippen molar-refractivity contribution in [3.8, 4) is 0 Å². The van der Waals surface area contributed by atoms with Gasteiger partial charge in [-0.15, -0.1) is 0 Å². The maximum atomic E-state index is 9.70. The molecule has 1 aliphatic heterocycles. The lowest BCUT2D eigenvalue weighted by Gasteiger charge is -2.18. The van der Waals surface area contributed by atoms with E-state index < -0.39 is 37.3 Å². The summed E-state index contributed by atoms with van der Waals surface area (Å²) in [5.41, 5.74) is 5.38. The molecule has 1 rings (SSSR count). The van der Waals surface area contributed by atoms with Gasteiger partial charge in [-0.2, -0.15) is 0 Å². The molecule has 0 aromatic rings. The molecule has 0 amide bonds. The van der Waals surface area contributed by atoms with Crippen molar-refractivity contribution < 1.29 is 29.9 Å². The predicted molar refractivity (Wildman–Crippen MR) is 67.2 cm³/mol. The zero-order valence-electron chi connectivity index (χ0n) is 11.0. The van der Waals surface area contributed by atoms with E-state index in [4.69, 9.17) is 20.3 Å². The molecule has 0 aliphatic carbocycles. The Kier molecular flexibility index (Phi) is 7.77. The molecular weight excluding hydrogens is 254 g/mol. The van der Waals surface area contributed by atoms with E-state index >= 15 is 0 Å². The van der Waals surface area contributed by atoms with Crippen LogP contribution >= 0.6 is 0 Å². The topological polar surface area (TPSA) is 125 Å². The average molecular weight is 279 g/mol. The second-order valence-corrected chi connectivity index (χ2v) is 4.77. The van der Waals surface area contributed by atoms with E-state index in [0.717, 1.165) is 25.7 Å². The lowest BCUT2D eigenvalue weighted by molar-refractivity contribution is -0.181. The number of rotatable bonds is 9. The molecule has 6 N–H and O–H groups in total. The lowest BCUT2D eigenvalue weighted by atomic mass is 10.1. The summed E-state index contributed by atoms with van der Waals surface area (Å²) in [5.74, 6) is 0. The SMILES string of the molecule is NCCCCCCO[C@H]1O[C@H]([C@H](O)CO)[C@H](O)[C@@H]1O. The highest BCUT2D eigenvalue weighted by molar-refractivity contribution is 4.90. The van der Waals surface area contributed by atoms with Gasteiger partial charge in [-0.25, -0.2) is 0 Å². The first-order valence-electron chi connectivity index (χ1n) is 6.74. The fraction of sp³-hybridized carbons (Fsp3) is 1.00. The number of hydrogen-bond donors (Lipinski definition) is 5. The van der Waals surface area contributed by atoms with Gasteiger partial charge in [-0.05, 0) is 19.4 Å². The van der Waals surface area contributed by atoms with Crippen molar-refractivity contribution in [2.75, 3.05) is 19.8 Å². The molecule has 7 heteroatoms. The van der Waals surface area contributed by atoms with Crippen LogP contribution in [0.15, 0.2) is 0 Å². The molecule has 0 spiro atoms. The van der Waals surface area contributed by atoms with Gasteiger partial charge in [0, 0.05) is 6.61 Å². The Morgan fingerprint density at radius 2 is 1.79 bits per heavy atom. The number of unbranched alkanes of at least 4 members (excludes halogenated alkanes) is 3. The number of hydrogen-bond acceptors (Lipinski definition) is 7. The minimum Gasteiger partial charge on any atom is -0.394 e. The molecule has 0 aromatic heterocycles. The fourth-order valence-corrected chi connectivity index (χ4v) is 2.03. The molecule has 19 heavy (non-hydrogen) atoms. The van der Waals surface area contributed by atoms with Crippen LogP contribution in [0.3, 0.4) is 0 Å². The van der Waals surface area contributed by atoms with Gasteiger partial charge in [-0.1, -0.05) is 12.8 Å². The normalized spacial score (nSPS) is 32.7. The number of aliphatic hydroxyl groups excluding tert-OH is 4. The van der Waals surface area contributed by atoms with Gasteiger partial charge in [0.2, 0.25) is 0 Å². The minimum absolute atomic E-state index is 0.404. The third-order valence-electron chi connectivity index (χ3n) is 3.20. The Bertz CT molecular complexity index is 242. The standard InChI is InChI=1S/C12H25NO6/c13-5-3-1-2-4-6-18-12-10(17)9(16)11(19-12)8(15)7-14/h8-12,14-17H,1-7,13H2/t8-,9-,10+,11-,12+/m1/s1. The third-order valence-corrected chi connectivity index (χ3v) is 3.20. The van der Waals surface area contributed by atoms with E-state index in [0.29, 0.717) is 13.2 Å². The number of aliphatic hydroxyl groups is 4. The first kappa shape index (κ1) is 16.8. The van der Waals surface area contributed by atoms with Gasteiger partial charge in [0.25, 0.3) is 0 Å². The summed E-state index contributed by atoms with van der Waals surface area (Å²) in [6.45, 7) is 0.541. The summed E-state index contributed by atoms with van der Waals surface area (Å²) in [6, 6.07) is 0. The van der Waals surface area contributed by atoms with Gasteiger partial charge in [0.15, 0.2) is 6.29 Å². The van der Waals surface area contributed by atoms with Crippen molar-refractivity contribution in [1.82, 2.24) is 0 Å². The van der Waals surface area contributed by atoms with Crippen LogP contribution in [0, 0.1) is 0 Å². The molecule has 0 saturated carbocycles. The number of nitrogens with two attached hydrogens (primary N) is 1. The molecule has 114 valence electrons. The Morgan fingerprint density at radius 3 is 2.42 bits per heavy atom. The van der Waals surface area contributed by atoms with Crippen molar-refractivity contribution in [3.05, 3.63) is 0 Å². The molecule has 5 atom stereocenters. The van der Waals surface area contributed by atoms with Crippen LogP contribution in [0.2, 0.25) is 0 Å². The first-order valence-corrected chi connectivity index (χ1v) is 6.74. The van der Waals surface area contributed by atoms with Crippen LogP contribution in [0.4, 0.5) is 0 Å². The molecule has 0 unspecified atom stereocenters. The highest BCUT2D eigenvalue weighted by atomic mass is 16.7. The second kappa shape index (κ2) is 8.80. The summed E-state index contributed by atoms with van der Waals surface area (Å²) in [7, 11) is 0. The monoisotopic (exact) mass is 279 g/mol. The Hall–Kier alpha value is -0.280. The summed E-state index contributed by atoms with van der Waals surface area (Å²) in [5, 5.41) is 37.6.